The Morgan fingerprint density at radius 3 is 1.08 bits per heavy atom. The minimum absolute atomic E-state index is 0. The van der Waals surface area contributed by atoms with Crippen molar-refractivity contribution >= 4 is 29.6 Å². The van der Waals surface area contributed by atoms with Crippen LogP contribution in [0.25, 0.3) is 0 Å². The van der Waals surface area contributed by atoms with Crippen molar-refractivity contribution in [2.45, 2.75) is 60.8 Å². The molecule has 0 N–H and O–H groups in total. The molecule has 69 valence electrons. The molecule has 0 atom stereocenters. The van der Waals surface area contributed by atoms with Crippen LogP contribution >= 0.6 is 0 Å². The van der Waals surface area contributed by atoms with Crippen LogP contribution < -0.4 is 0 Å². The first-order valence-electron chi connectivity index (χ1n) is 4.71. The molecule has 0 fully saturated rings. The van der Waals surface area contributed by atoms with E-state index in [0.29, 0.717) is 10.8 Å². The maximum atomic E-state index is 2.32. The standard InChI is InChI=1S/C11H24.Na/c1-10(2,3)8-7-9-11(4,5)6;/h7-9H2,1-6H3;. The molecule has 0 amide bonds. The maximum Gasteiger partial charge on any atom is 0 e. The second kappa shape index (κ2) is 5.67. The van der Waals surface area contributed by atoms with Gasteiger partial charge in [-0.25, -0.2) is 0 Å². The molecule has 0 rings (SSSR count). The molecule has 0 aliphatic carbocycles. The molecule has 0 bridgehead atoms. The molecule has 0 aromatic rings. The molecule has 0 saturated carbocycles. The van der Waals surface area contributed by atoms with Gasteiger partial charge in [0.2, 0.25) is 0 Å². The van der Waals surface area contributed by atoms with Gasteiger partial charge in [0.25, 0.3) is 0 Å². The summed E-state index contributed by atoms with van der Waals surface area (Å²) < 4.78 is 0. The predicted octanol–water partition coefficient (Wildman–Crippen LogP) is 3.87. The molecule has 0 aromatic carbocycles. The summed E-state index contributed by atoms with van der Waals surface area (Å²) in [5, 5.41) is 0. The summed E-state index contributed by atoms with van der Waals surface area (Å²) in [4.78, 5) is 0. The molecular weight excluding hydrogens is 155 g/mol. The summed E-state index contributed by atoms with van der Waals surface area (Å²) in [5.41, 5.74) is 1.04. The zero-order valence-corrected chi connectivity index (χ0v) is 12.1. The molecule has 0 nitrogen and oxygen atoms in total. The van der Waals surface area contributed by atoms with Crippen molar-refractivity contribution < 1.29 is 0 Å². The van der Waals surface area contributed by atoms with E-state index in [1.54, 1.807) is 0 Å². The largest absolute Gasteiger partial charge is 0.0602 e. The van der Waals surface area contributed by atoms with Gasteiger partial charge in [-0.2, -0.15) is 0 Å². The number of hydrogen-bond donors (Lipinski definition) is 0. The zero-order valence-electron chi connectivity index (χ0n) is 10.1. The first-order chi connectivity index (χ1) is 4.71. The second-order valence-electron chi connectivity index (χ2n) is 5.97. The van der Waals surface area contributed by atoms with Crippen LogP contribution in [0.3, 0.4) is 0 Å². The van der Waals surface area contributed by atoms with Gasteiger partial charge in [0, 0.05) is 29.6 Å². The van der Waals surface area contributed by atoms with Crippen LogP contribution in [-0.4, -0.2) is 29.6 Å². The second-order valence-corrected chi connectivity index (χ2v) is 5.97. The third-order valence-corrected chi connectivity index (χ3v) is 1.85. The van der Waals surface area contributed by atoms with Gasteiger partial charge in [0.1, 0.15) is 0 Å². The molecule has 0 spiro atoms. The van der Waals surface area contributed by atoms with Crippen LogP contribution in [-0.2, 0) is 0 Å². The van der Waals surface area contributed by atoms with E-state index >= 15 is 0 Å². The Kier molecular flexibility index (Phi) is 7.31. The summed E-state index contributed by atoms with van der Waals surface area (Å²) in [6.45, 7) is 13.9. The average molecular weight is 179 g/mol. The summed E-state index contributed by atoms with van der Waals surface area (Å²) in [5.74, 6) is 0. The third-order valence-electron chi connectivity index (χ3n) is 1.85. The van der Waals surface area contributed by atoms with Crippen molar-refractivity contribution in [3.05, 3.63) is 0 Å². The number of rotatable bonds is 2. The Morgan fingerprint density at radius 2 is 0.917 bits per heavy atom. The van der Waals surface area contributed by atoms with E-state index in [1.807, 2.05) is 0 Å². The third kappa shape index (κ3) is 13.6. The quantitative estimate of drug-likeness (QED) is 0.564. The smallest absolute Gasteiger partial charge is 0 e. The Bertz CT molecular complexity index is 89.2. The van der Waals surface area contributed by atoms with Gasteiger partial charge >= 0.3 is 0 Å². The van der Waals surface area contributed by atoms with Gasteiger partial charge in [-0.1, -0.05) is 48.0 Å². The van der Waals surface area contributed by atoms with Crippen LogP contribution in [0.5, 0.6) is 0 Å². The molecule has 0 aromatic heterocycles. The van der Waals surface area contributed by atoms with Gasteiger partial charge in [0.15, 0.2) is 0 Å². The van der Waals surface area contributed by atoms with Gasteiger partial charge < -0.3 is 0 Å². The van der Waals surface area contributed by atoms with E-state index < -0.39 is 0 Å². The Hall–Kier alpha value is 1.00. The SMILES string of the molecule is CC(C)(C)CCCC(C)(C)C.[Na]. The first kappa shape index (κ1) is 15.5. The molecule has 0 unspecified atom stereocenters. The van der Waals surface area contributed by atoms with Gasteiger partial charge in [0.05, 0.1) is 0 Å². The fraction of sp³-hybridized carbons (Fsp3) is 1.00. The van der Waals surface area contributed by atoms with Gasteiger partial charge in [-0.15, -0.1) is 0 Å². The molecular formula is C11H24Na. The minimum Gasteiger partial charge on any atom is -0.0602 e. The number of hydrogen-bond acceptors (Lipinski definition) is 0. The van der Waals surface area contributed by atoms with Crippen molar-refractivity contribution in [2.24, 2.45) is 10.8 Å². The maximum absolute atomic E-state index is 2.32. The first-order valence-corrected chi connectivity index (χ1v) is 4.71. The van der Waals surface area contributed by atoms with E-state index in [4.69, 9.17) is 0 Å². The monoisotopic (exact) mass is 179 g/mol. The van der Waals surface area contributed by atoms with E-state index in [1.165, 1.54) is 19.3 Å². The fourth-order valence-corrected chi connectivity index (χ4v) is 1.15. The summed E-state index contributed by atoms with van der Waals surface area (Å²) >= 11 is 0. The Morgan fingerprint density at radius 1 is 0.667 bits per heavy atom. The molecule has 0 aliphatic heterocycles. The van der Waals surface area contributed by atoms with E-state index in [-0.39, 0.29) is 29.6 Å². The Labute approximate surface area is 101 Å². The average Bonchev–Trinajstić information content (AvgIpc) is 1.55. The van der Waals surface area contributed by atoms with Crippen molar-refractivity contribution in [3.63, 3.8) is 0 Å². The van der Waals surface area contributed by atoms with Gasteiger partial charge in [-0.05, 0) is 23.7 Å². The fourth-order valence-electron chi connectivity index (χ4n) is 1.15. The molecule has 0 saturated heterocycles. The summed E-state index contributed by atoms with van der Waals surface area (Å²) in [7, 11) is 0. The van der Waals surface area contributed by atoms with Crippen molar-refractivity contribution in [1.82, 2.24) is 0 Å². The summed E-state index contributed by atoms with van der Waals surface area (Å²) in [6.07, 6.45) is 4.07. The molecule has 1 radical (unpaired) electrons. The molecule has 12 heavy (non-hydrogen) atoms. The van der Waals surface area contributed by atoms with Crippen LogP contribution in [0.2, 0.25) is 0 Å². The van der Waals surface area contributed by atoms with Crippen molar-refractivity contribution in [1.29, 1.82) is 0 Å². The molecule has 1 heteroatoms. The van der Waals surface area contributed by atoms with Crippen LogP contribution in [0.1, 0.15) is 60.8 Å². The van der Waals surface area contributed by atoms with Crippen LogP contribution in [0.15, 0.2) is 0 Å². The van der Waals surface area contributed by atoms with Crippen molar-refractivity contribution in [2.75, 3.05) is 0 Å². The van der Waals surface area contributed by atoms with Crippen LogP contribution in [0, 0.1) is 10.8 Å². The minimum atomic E-state index is 0. The topological polar surface area (TPSA) is 0 Å². The van der Waals surface area contributed by atoms with E-state index in [2.05, 4.69) is 41.5 Å². The van der Waals surface area contributed by atoms with Gasteiger partial charge in [-0.3, -0.25) is 0 Å². The van der Waals surface area contributed by atoms with E-state index in [0.717, 1.165) is 0 Å². The molecule has 0 heterocycles. The Balaban J connectivity index is 0. The zero-order chi connectivity index (χ0) is 9.12. The normalized spacial score (nSPS) is 12.5. The predicted molar refractivity (Wildman–Crippen MR) is 58.5 cm³/mol. The van der Waals surface area contributed by atoms with E-state index in [9.17, 15) is 0 Å². The van der Waals surface area contributed by atoms with Crippen molar-refractivity contribution in [3.8, 4) is 0 Å². The summed E-state index contributed by atoms with van der Waals surface area (Å²) in [6, 6.07) is 0. The van der Waals surface area contributed by atoms with Crippen LogP contribution in [0.4, 0.5) is 0 Å². The molecule has 0 aliphatic rings.